The Morgan fingerprint density at radius 2 is 2.28 bits per heavy atom. The van der Waals surface area contributed by atoms with Crippen LogP contribution in [0.5, 0.6) is 5.75 Å². The van der Waals surface area contributed by atoms with Crippen molar-refractivity contribution in [2.75, 3.05) is 26.9 Å². The molecule has 0 radical (unpaired) electrons. The van der Waals surface area contributed by atoms with Crippen LogP contribution in [0, 0.1) is 0 Å². The van der Waals surface area contributed by atoms with Crippen LogP contribution in [0.3, 0.4) is 0 Å². The van der Waals surface area contributed by atoms with E-state index in [4.69, 9.17) is 15.2 Å². The number of nitrogens with two attached hydrogens (primary N) is 1. The summed E-state index contributed by atoms with van der Waals surface area (Å²) in [6.07, 6.45) is 0. The normalized spacial score (nSPS) is 10.2. The molecule has 0 aromatic heterocycles. The number of halogens is 1. The van der Waals surface area contributed by atoms with Gasteiger partial charge in [-0.05, 0) is 18.2 Å². The molecular formula is C12H17BrN2O3. The first-order chi connectivity index (χ1) is 8.67. The van der Waals surface area contributed by atoms with Gasteiger partial charge in [-0.15, -0.1) is 0 Å². The summed E-state index contributed by atoms with van der Waals surface area (Å²) in [5.41, 5.74) is 6.46. The third-order valence-corrected chi connectivity index (χ3v) is 2.72. The third kappa shape index (κ3) is 5.03. The van der Waals surface area contributed by atoms with E-state index >= 15 is 0 Å². The van der Waals surface area contributed by atoms with Gasteiger partial charge in [0.05, 0.1) is 6.61 Å². The van der Waals surface area contributed by atoms with Gasteiger partial charge in [-0.1, -0.05) is 15.9 Å². The molecule has 0 spiro atoms. The van der Waals surface area contributed by atoms with Crippen molar-refractivity contribution in [1.29, 1.82) is 0 Å². The van der Waals surface area contributed by atoms with E-state index in [0.717, 1.165) is 10.0 Å². The summed E-state index contributed by atoms with van der Waals surface area (Å²) in [4.78, 5) is 11.4. The molecule has 18 heavy (non-hydrogen) atoms. The number of methoxy groups -OCH3 is 1. The van der Waals surface area contributed by atoms with Crippen LogP contribution in [0.25, 0.3) is 0 Å². The van der Waals surface area contributed by atoms with Gasteiger partial charge in [0.2, 0.25) is 0 Å². The summed E-state index contributed by atoms with van der Waals surface area (Å²) in [6.45, 7) is 1.29. The Balaban J connectivity index is 2.45. The molecule has 6 heteroatoms. The van der Waals surface area contributed by atoms with Crippen molar-refractivity contribution in [3.8, 4) is 5.75 Å². The molecule has 1 amide bonds. The van der Waals surface area contributed by atoms with E-state index < -0.39 is 0 Å². The molecular weight excluding hydrogens is 300 g/mol. The molecule has 0 saturated heterocycles. The van der Waals surface area contributed by atoms with Gasteiger partial charge < -0.3 is 20.5 Å². The molecule has 0 saturated carbocycles. The number of hydrogen-bond donors (Lipinski definition) is 2. The Hall–Kier alpha value is -1.11. The first kappa shape index (κ1) is 14.9. The molecule has 5 nitrogen and oxygen atoms in total. The molecule has 0 aliphatic carbocycles. The van der Waals surface area contributed by atoms with Gasteiger partial charge in [-0.25, -0.2) is 0 Å². The van der Waals surface area contributed by atoms with Gasteiger partial charge in [0.25, 0.3) is 5.91 Å². The van der Waals surface area contributed by atoms with Crippen LogP contribution in [0.4, 0.5) is 0 Å². The Bertz CT molecular complexity index is 399. The highest BCUT2D eigenvalue weighted by molar-refractivity contribution is 9.10. The Labute approximate surface area is 115 Å². The number of benzene rings is 1. The number of nitrogens with one attached hydrogen (secondary N) is 1. The van der Waals surface area contributed by atoms with Crippen LogP contribution in [0.2, 0.25) is 0 Å². The first-order valence-electron chi connectivity index (χ1n) is 5.54. The SMILES string of the molecule is COCCNC(=O)COc1ccc(Br)cc1CN. The lowest BCUT2D eigenvalue weighted by atomic mass is 10.2. The van der Waals surface area contributed by atoms with Gasteiger partial charge in [-0.3, -0.25) is 4.79 Å². The minimum absolute atomic E-state index is 0.0294. The topological polar surface area (TPSA) is 73.6 Å². The van der Waals surface area contributed by atoms with Crippen molar-refractivity contribution in [2.24, 2.45) is 5.73 Å². The van der Waals surface area contributed by atoms with Gasteiger partial charge in [0, 0.05) is 30.2 Å². The Morgan fingerprint density at radius 1 is 1.50 bits per heavy atom. The molecule has 3 N–H and O–H groups in total. The molecule has 0 fully saturated rings. The minimum Gasteiger partial charge on any atom is -0.483 e. The number of amides is 1. The molecule has 100 valence electrons. The van der Waals surface area contributed by atoms with E-state index in [9.17, 15) is 4.79 Å². The van der Waals surface area contributed by atoms with Crippen molar-refractivity contribution in [3.63, 3.8) is 0 Å². The maximum atomic E-state index is 11.4. The largest absolute Gasteiger partial charge is 0.483 e. The molecule has 0 aliphatic heterocycles. The fourth-order valence-corrected chi connectivity index (χ4v) is 1.74. The Morgan fingerprint density at radius 3 is 2.94 bits per heavy atom. The zero-order valence-electron chi connectivity index (χ0n) is 10.2. The average Bonchev–Trinajstić information content (AvgIpc) is 2.37. The van der Waals surface area contributed by atoms with E-state index in [0.29, 0.717) is 25.4 Å². The van der Waals surface area contributed by atoms with Crippen LogP contribution >= 0.6 is 15.9 Å². The smallest absolute Gasteiger partial charge is 0.258 e. The summed E-state index contributed by atoms with van der Waals surface area (Å²) >= 11 is 3.35. The fraction of sp³-hybridized carbons (Fsp3) is 0.417. The maximum absolute atomic E-state index is 11.4. The van der Waals surface area contributed by atoms with Gasteiger partial charge in [-0.2, -0.15) is 0 Å². The van der Waals surface area contributed by atoms with Crippen molar-refractivity contribution in [1.82, 2.24) is 5.32 Å². The Kier molecular flexibility index (Phi) is 6.70. The number of hydrogen-bond acceptors (Lipinski definition) is 4. The summed E-state index contributed by atoms with van der Waals surface area (Å²) in [7, 11) is 1.58. The minimum atomic E-state index is -0.182. The first-order valence-corrected chi connectivity index (χ1v) is 6.33. The van der Waals surface area contributed by atoms with E-state index in [1.165, 1.54) is 0 Å². The van der Waals surface area contributed by atoms with Gasteiger partial charge >= 0.3 is 0 Å². The van der Waals surface area contributed by atoms with E-state index in [2.05, 4.69) is 21.2 Å². The molecule has 0 heterocycles. The zero-order valence-corrected chi connectivity index (χ0v) is 11.8. The predicted octanol–water partition coefficient (Wildman–Crippen LogP) is 1.05. The highest BCUT2D eigenvalue weighted by Crippen LogP contribution is 2.22. The van der Waals surface area contributed by atoms with Crippen LogP contribution in [0.15, 0.2) is 22.7 Å². The molecule has 1 aromatic rings. The predicted molar refractivity (Wildman–Crippen MR) is 72.4 cm³/mol. The summed E-state index contributed by atoms with van der Waals surface area (Å²) in [6, 6.07) is 5.50. The molecule has 0 bridgehead atoms. The quantitative estimate of drug-likeness (QED) is 0.737. The number of carbonyl (C=O) groups excluding carboxylic acids is 1. The van der Waals surface area contributed by atoms with E-state index in [1.807, 2.05) is 12.1 Å². The van der Waals surface area contributed by atoms with Crippen molar-refractivity contribution in [2.45, 2.75) is 6.54 Å². The lowest BCUT2D eigenvalue weighted by Gasteiger charge is -2.10. The zero-order chi connectivity index (χ0) is 13.4. The van der Waals surface area contributed by atoms with E-state index in [-0.39, 0.29) is 12.5 Å². The second-order valence-corrected chi connectivity index (χ2v) is 4.50. The lowest BCUT2D eigenvalue weighted by molar-refractivity contribution is -0.123. The average molecular weight is 317 g/mol. The lowest BCUT2D eigenvalue weighted by Crippen LogP contribution is -2.31. The van der Waals surface area contributed by atoms with Crippen LogP contribution in [-0.4, -0.2) is 32.8 Å². The highest BCUT2D eigenvalue weighted by atomic mass is 79.9. The molecule has 0 unspecified atom stereocenters. The number of ether oxygens (including phenoxy) is 2. The van der Waals surface area contributed by atoms with Crippen LogP contribution < -0.4 is 15.8 Å². The van der Waals surface area contributed by atoms with Crippen molar-refractivity contribution in [3.05, 3.63) is 28.2 Å². The van der Waals surface area contributed by atoms with Gasteiger partial charge in [0.1, 0.15) is 5.75 Å². The maximum Gasteiger partial charge on any atom is 0.258 e. The van der Waals surface area contributed by atoms with Crippen molar-refractivity contribution >= 4 is 21.8 Å². The summed E-state index contributed by atoms with van der Waals surface area (Å²) in [5.74, 6) is 0.445. The second kappa shape index (κ2) is 8.07. The number of rotatable bonds is 7. The number of carbonyl (C=O) groups is 1. The molecule has 1 rings (SSSR count). The van der Waals surface area contributed by atoms with Crippen molar-refractivity contribution < 1.29 is 14.3 Å². The van der Waals surface area contributed by atoms with Crippen LogP contribution in [0.1, 0.15) is 5.56 Å². The third-order valence-electron chi connectivity index (χ3n) is 2.23. The molecule has 0 aliphatic rings. The highest BCUT2D eigenvalue weighted by Gasteiger charge is 2.06. The van der Waals surface area contributed by atoms with Crippen LogP contribution in [-0.2, 0) is 16.1 Å². The van der Waals surface area contributed by atoms with E-state index in [1.54, 1.807) is 13.2 Å². The fourth-order valence-electron chi connectivity index (χ4n) is 1.34. The standard InChI is InChI=1S/C12H17BrN2O3/c1-17-5-4-15-12(16)8-18-11-3-2-10(13)6-9(11)7-14/h2-3,6H,4-5,7-8,14H2,1H3,(H,15,16). The molecule has 0 atom stereocenters. The molecule has 1 aromatic carbocycles. The summed E-state index contributed by atoms with van der Waals surface area (Å²) in [5, 5.41) is 2.67. The summed E-state index contributed by atoms with van der Waals surface area (Å²) < 4.78 is 11.2. The van der Waals surface area contributed by atoms with Gasteiger partial charge in [0.15, 0.2) is 6.61 Å². The monoisotopic (exact) mass is 316 g/mol. The second-order valence-electron chi connectivity index (χ2n) is 3.59.